The molecule has 0 aliphatic heterocycles. The Hall–Kier alpha value is -2.60. The van der Waals surface area contributed by atoms with Gasteiger partial charge >= 0.3 is 10.3 Å². The minimum Gasteiger partial charge on any atom is -0.393 e. The van der Waals surface area contributed by atoms with Gasteiger partial charge in [-0.15, -0.1) is 0 Å². The molecule has 10 nitrogen and oxygen atoms in total. The molecule has 2 heterocycles. The van der Waals surface area contributed by atoms with Crippen LogP contribution in [0.4, 0.5) is 5.95 Å². The van der Waals surface area contributed by atoms with E-state index >= 15 is 0 Å². The zero-order chi connectivity index (χ0) is 21.6. The number of aliphatic hydroxyl groups excluding tert-OH is 1. The summed E-state index contributed by atoms with van der Waals surface area (Å²) in [6.45, 7) is -0.140. The molecule has 164 valence electrons. The van der Waals surface area contributed by atoms with E-state index in [4.69, 9.17) is 9.32 Å². The summed E-state index contributed by atoms with van der Waals surface area (Å²) < 4.78 is 28.5. The lowest BCUT2D eigenvalue weighted by molar-refractivity contribution is 0.101. The zero-order valence-electron chi connectivity index (χ0n) is 16.8. The average Bonchev–Trinajstić information content (AvgIpc) is 3.43. The lowest BCUT2D eigenvalue weighted by Crippen LogP contribution is -2.24. The third-order valence-corrected chi connectivity index (χ3v) is 6.78. The zero-order valence-corrected chi connectivity index (χ0v) is 17.6. The highest BCUT2D eigenvalue weighted by Gasteiger charge is 2.36. The monoisotopic (exact) mass is 444 g/mol. The normalized spacial score (nSPS) is 25.7. The van der Waals surface area contributed by atoms with Crippen molar-refractivity contribution < 1.29 is 17.7 Å². The van der Waals surface area contributed by atoms with Gasteiger partial charge in [0.15, 0.2) is 5.65 Å². The number of aliphatic hydroxyl groups is 1. The molecule has 31 heavy (non-hydrogen) atoms. The summed E-state index contributed by atoms with van der Waals surface area (Å²) in [5.74, 6) is 0.273. The first kappa shape index (κ1) is 20.3. The van der Waals surface area contributed by atoms with Crippen molar-refractivity contribution in [3.05, 3.63) is 53.5 Å². The highest BCUT2D eigenvalue weighted by Crippen LogP contribution is 2.40. The van der Waals surface area contributed by atoms with Crippen LogP contribution < -0.4 is 10.5 Å². The Balaban J connectivity index is 1.37. The summed E-state index contributed by atoms with van der Waals surface area (Å²) >= 11 is 0. The number of benzene rings is 1. The molecule has 2 aliphatic carbocycles. The molecule has 2 aliphatic rings. The standard InChI is InChI=1S/C20H24N6O4S/c21-31(28,29)30-10-14-7-13(8-18(14)27)16-9-24-26-19(16)22-11-23-20(26)25-17-6-5-12-3-1-2-4-15(12)17/h1-4,9,11,13-14,17-18,27H,5-8,10H2,(H2,21,28,29)(H,22,23,25). The van der Waals surface area contributed by atoms with E-state index in [0.717, 1.165) is 18.4 Å². The van der Waals surface area contributed by atoms with E-state index in [1.165, 1.54) is 17.5 Å². The fourth-order valence-corrected chi connectivity index (χ4v) is 5.16. The van der Waals surface area contributed by atoms with Crippen LogP contribution >= 0.6 is 0 Å². The topological polar surface area (TPSA) is 145 Å². The fourth-order valence-electron chi connectivity index (χ4n) is 4.80. The van der Waals surface area contributed by atoms with Gasteiger partial charge in [-0.25, -0.2) is 15.1 Å². The van der Waals surface area contributed by atoms with Crippen molar-refractivity contribution in [1.82, 2.24) is 19.6 Å². The van der Waals surface area contributed by atoms with Gasteiger partial charge in [0, 0.05) is 11.5 Å². The molecule has 11 heteroatoms. The van der Waals surface area contributed by atoms with E-state index in [1.807, 2.05) is 6.07 Å². The van der Waals surface area contributed by atoms with Crippen molar-refractivity contribution in [3.8, 4) is 0 Å². The van der Waals surface area contributed by atoms with Crippen LogP contribution in [-0.2, 0) is 20.9 Å². The Kier molecular flexibility index (Phi) is 5.13. The number of nitrogens with zero attached hydrogens (tertiary/aromatic N) is 4. The maximum absolute atomic E-state index is 11.1. The second-order valence-corrected chi connectivity index (χ2v) is 9.46. The fraction of sp³-hybridized carbons (Fsp3) is 0.450. The molecule has 5 rings (SSSR count). The van der Waals surface area contributed by atoms with E-state index in [0.29, 0.717) is 24.4 Å². The second-order valence-electron chi connectivity index (χ2n) is 8.24. The van der Waals surface area contributed by atoms with Gasteiger partial charge in [0.05, 0.1) is 24.9 Å². The van der Waals surface area contributed by atoms with E-state index < -0.39 is 16.4 Å². The van der Waals surface area contributed by atoms with Crippen LogP contribution in [0.15, 0.2) is 36.8 Å². The predicted octanol–water partition coefficient (Wildman–Crippen LogP) is 1.30. The summed E-state index contributed by atoms with van der Waals surface area (Å²) in [5, 5.41) is 23.3. The largest absolute Gasteiger partial charge is 0.393 e. The third-order valence-electron chi connectivity index (χ3n) is 6.31. The molecule has 1 aromatic carbocycles. The number of hydrogen-bond acceptors (Lipinski definition) is 8. The van der Waals surface area contributed by atoms with Crippen LogP contribution in [0.3, 0.4) is 0 Å². The third kappa shape index (κ3) is 4.01. The summed E-state index contributed by atoms with van der Waals surface area (Å²) in [6, 6.07) is 8.55. The molecule has 0 radical (unpaired) electrons. The van der Waals surface area contributed by atoms with Gasteiger partial charge in [-0.1, -0.05) is 24.3 Å². The molecule has 4 atom stereocenters. The Morgan fingerprint density at radius 3 is 2.90 bits per heavy atom. The molecule has 4 N–H and O–H groups in total. The molecule has 0 bridgehead atoms. The van der Waals surface area contributed by atoms with E-state index in [2.05, 4.69) is 38.6 Å². The minimum absolute atomic E-state index is 0.0171. The number of fused-ring (bicyclic) bond motifs is 2. The second kappa shape index (κ2) is 7.83. The van der Waals surface area contributed by atoms with Gasteiger partial charge < -0.3 is 10.4 Å². The SMILES string of the molecule is NS(=O)(=O)OCC1CC(c2cnn3c(NC4CCc5ccccc54)ncnc23)CC1O. The minimum atomic E-state index is -4.04. The van der Waals surface area contributed by atoms with Gasteiger partial charge in [0.25, 0.3) is 0 Å². The molecule has 1 saturated carbocycles. The first-order valence-electron chi connectivity index (χ1n) is 10.3. The number of aryl methyl sites for hydroxylation is 1. The molecule has 0 saturated heterocycles. The molecule has 1 fully saturated rings. The Morgan fingerprint density at radius 2 is 2.06 bits per heavy atom. The molecule has 2 aromatic heterocycles. The highest BCUT2D eigenvalue weighted by atomic mass is 32.2. The van der Waals surface area contributed by atoms with Crippen LogP contribution in [0.25, 0.3) is 5.65 Å². The van der Waals surface area contributed by atoms with Crippen molar-refractivity contribution in [2.45, 2.75) is 43.7 Å². The predicted molar refractivity (Wildman–Crippen MR) is 112 cm³/mol. The van der Waals surface area contributed by atoms with Gasteiger partial charge in [-0.05, 0) is 42.7 Å². The molecular weight excluding hydrogens is 420 g/mol. The Bertz CT molecular complexity index is 1210. The number of hydrogen-bond donors (Lipinski definition) is 3. The average molecular weight is 445 g/mol. The van der Waals surface area contributed by atoms with Crippen molar-refractivity contribution >= 4 is 21.9 Å². The maximum Gasteiger partial charge on any atom is 0.333 e. The molecule has 3 aromatic rings. The van der Waals surface area contributed by atoms with Gasteiger partial charge in [0.2, 0.25) is 5.95 Å². The number of aromatic nitrogens is 4. The summed E-state index contributed by atoms with van der Waals surface area (Å²) in [6.07, 6.45) is 5.61. The summed E-state index contributed by atoms with van der Waals surface area (Å²) in [7, 11) is -4.04. The molecule has 0 amide bonds. The smallest absolute Gasteiger partial charge is 0.333 e. The summed E-state index contributed by atoms with van der Waals surface area (Å²) in [5.41, 5.74) is 4.20. The molecular formula is C20H24N6O4S. The molecule has 0 spiro atoms. The highest BCUT2D eigenvalue weighted by molar-refractivity contribution is 7.84. The van der Waals surface area contributed by atoms with Crippen LogP contribution in [0.2, 0.25) is 0 Å². The number of anilines is 1. The Labute approximate surface area is 179 Å². The van der Waals surface area contributed by atoms with Crippen LogP contribution in [0.5, 0.6) is 0 Å². The van der Waals surface area contributed by atoms with E-state index in [1.54, 1.807) is 10.7 Å². The van der Waals surface area contributed by atoms with Crippen LogP contribution in [0.1, 0.15) is 47.9 Å². The van der Waals surface area contributed by atoms with Gasteiger partial charge in [0.1, 0.15) is 6.33 Å². The van der Waals surface area contributed by atoms with Crippen molar-refractivity contribution in [3.63, 3.8) is 0 Å². The van der Waals surface area contributed by atoms with Crippen molar-refractivity contribution in [2.75, 3.05) is 11.9 Å². The van der Waals surface area contributed by atoms with Crippen molar-refractivity contribution in [2.24, 2.45) is 11.1 Å². The number of nitrogens with one attached hydrogen (secondary N) is 1. The lowest BCUT2D eigenvalue weighted by Gasteiger charge is -2.15. The van der Waals surface area contributed by atoms with Crippen molar-refractivity contribution in [1.29, 1.82) is 0 Å². The van der Waals surface area contributed by atoms with E-state index in [9.17, 15) is 13.5 Å². The lowest BCUT2D eigenvalue weighted by atomic mass is 9.99. The Morgan fingerprint density at radius 1 is 1.23 bits per heavy atom. The summed E-state index contributed by atoms with van der Waals surface area (Å²) in [4.78, 5) is 8.82. The van der Waals surface area contributed by atoms with Crippen LogP contribution in [0, 0.1) is 5.92 Å². The van der Waals surface area contributed by atoms with Gasteiger partial charge in [-0.2, -0.15) is 18.0 Å². The number of nitrogens with two attached hydrogens (primary N) is 1. The van der Waals surface area contributed by atoms with Crippen LogP contribution in [-0.4, -0.2) is 45.8 Å². The molecule has 4 unspecified atom stereocenters. The quantitative estimate of drug-likeness (QED) is 0.516. The maximum atomic E-state index is 11.1. The van der Waals surface area contributed by atoms with E-state index in [-0.39, 0.29) is 24.5 Å². The van der Waals surface area contributed by atoms with Gasteiger partial charge in [-0.3, -0.25) is 4.18 Å². The first-order valence-corrected chi connectivity index (χ1v) is 11.7. The number of rotatable bonds is 6. The first-order chi connectivity index (χ1) is 14.9.